The van der Waals surface area contributed by atoms with Crippen LogP contribution in [0.4, 0.5) is 0 Å². The number of aromatic amines is 1. The van der Waals surface area contributed by atoms with E-state index in [9.17, 15) is 9.59 Å². The molecule has 8 heteroatoms. The van der Waals surface area contributed by atoms with Gasteiger partial charge in [0.25, 0.3) is 5.56 Å². The summed E-state index contributed by atoms with van der Waals surface area (Å²) in [5, 5.41) is 9.45. The molecule has 2 rings (SSSR count). The molecule has 0 atom stereocenters. The van der Waals surface area contributed by atoms with Crippen LogP contribution in [0.1, 0.15) is 53.7 Å². The van der Waals surface area contributed by atoms with Gasteiger partial charge in [-0.15, -0.1) is 11.3 Å². The number of hydrogen-bond donors (Lipinski definition) is 2. The zero-order valence-corrected chi connectivity index (χ0v) is 12.5. The van der Waals surface area contributed by atoms with Gasteiger partial charge < -0.3 is 10.1 Å². The Hall–Kier alpha value is 0.310. The molecule has 0 bridgehead atoms. The summed E-state index contributed by atoms with van der Waals surface area (Å²) in [5.74, 6) is -1.50. The number of fused-ring (bicyclic) bond motifs is 1. The SMILES string of the molecule is CCCCCCc1sc2nc(C(=O)O)[nH]c(=O)c2c1C.[NaH].[NaH]. The maximum absolute atomic E-state index is 12.0. The summed E-state index contributed by atoms with van der Waals surface area (Å²) in [4.78, 5) is 30.9. The minimum atomic E-state index is -1.21. The number of aromatic carboxylic acids is 1. The van der Waals surface area contributed by atoms with E-state index in [2.05, 4.69) is 16.9 Å². The number of hydrogen-bond acceptors (Lipinski definition) is 4. The summed E-state index contributed by atoms with van der Waals surface area (Å²) in [5.41, 5.74) is 0.577. The standard InChI is InChI=1S/C14H18N2O3S.2Na.2H/c1-3-4-5-6-7-9-8(2)10-12(17)15-11(14(18)19)16-13(10)20-9;;;;/h3-7H2,1-2H3,(H,18,19)(H,15,16,17);;;;. The number of rotatable bonds is 6. The molecule has 0 aliphatic rings. The van der Waals surface area contributed by atoms with Gasteiger partial charge in [0, 0.05) is 4.88 Å². The number of H-pyrrole nitrogens is 1. The zero-order chi connectivity index (χ0) is 14.7. The Morgan fingerprint density at radius 2 is 1.95 bits per heavy atom. The van der Waals surface area contributed by atoms with E-state index in [1.165, 1.54) is 30.6 Å². The van der Waals surface area contributed by atoms with Gasteiger partial charge in [-0.05, 0) is 25.3 Å². The first-order chi connectivity index (χ1) is 9.54. The van der Waals surface area contributed by atoms with Crippen molar-refractivity contribution in [2.24, 2.45) is 0 Å². The predicted molar refractivity (Wildman–Crippen MR) is 94.1 cm³/mol. The fraction of sp³-hybridized carbons (Fsp3) is 0.500. The molecule has 2 heterocycles. The second-order valence-corrected chi connectivity index (χ2v) is 5.94. The monoisotopic (exact) mass is 342 g/mol. The fourth-order valence-corrected chi connectivity index (χ4v) is 3.46. The van der Waals surface area contributed by atoms with E-state index in [4.69, 9.17) is 5.11 Å². The van der Waals surface area contributed by atoms with Gasteiger partial charge in [0.05, 0.1) is 5.39 Å². The molecule has 0 amide bonds. The first-order valence-corrected chi connectivity index (χ1v) is 7.61. The molecule has 0 aliphatic heterocycles. The second kappa shape index (κ2) is 10.2. The number of aromatic nitrogens is 2. The van der Waals surface area contributed by atoms with E-state index < -0.39 is 5.97 Å². The average Bonchev–Trinajstić information content (AvgIpc) is 2.72. The molecule has 0 unspecified atom stereocenters. The summed E-state index contributed by atoms with van der Waals surface area (Å²) in [6.07, 6.45) is 5.59. The first-order valence-electron chi connectivity index (χ1n) is 6.80. The zero-order valence-electron chi connectivity index (χ0n) is 11.7. The molecule has 0 aromatic carbocycles. The number of aryl methyl sites for hydroxylation is 2. The van der Waals surface area contributed by atoms with Crippen molar-refractivity contribution in [2.75, 3.05) is 0 Å². The topological polar surface area (TPSA) is 83.0 Å². The normalized spacial score (nSPS) is 10.1. The van der Waals surface area contributed by atoms with E-state index in [0.717, 1.165) is 23.3 Å². The van der Waals surface area contributed by atoms with Gasteiger partial charge in [-0.1, -0.05) is 26.2 Å². The Labute approximate surface area is 177 Å². The summed E-state index contributed by atoms with van der Waals surface area (Å²) in [6, 6.07) is 0. The van der Waals surface area contributed by atoms with E-state index in [0.29, 0.717) is 10.2 Å². The molecule has 0 spiro atoms. The van der Waals surface area contributed by atoms with Crippen molar-refractivity contribution in [3.63, 3.8) is 0 Å². The number of unbranched alkanes of at least 4 members (excludes halogenated alkanes) is 3. The molecule has 5 nitrogen and oxygen atoms in total. The molecule has 0 fully saturated rings. The van der Waals surface area contributed by atoms with Crippen LogP contribution in [0.5, 0.6) is 0 Å². The molecule has 0 aliphatic carbocycles. The molecule has 2 aromatic heterocycles. The van der Waals surface area contributed by atoms with Crippen LogP contribution in [0, 0.1) is 6.92 Å². The predicted octanol–water partition coefficient (Wildman–Crippen LogP) is 1.82. The Kier molecular flexibility index (Phi) is 10.4. The van der Waals surface area contributed by atoms with Crippen LogP contribution in [0.3, 0.4) is 0 Å². The first kappa shape index (κ1) is 22.3. The minimum absolute atomic E-state index is 0. The van der Waals surface area contributed by atoms with Crippen LogP contribution < -0.4 is 5.56 Å². The summed E-state index contributed by atoms with van der Waals surface area (Å²) < 4.78 is 0. The van der Waals surface area contributed by atoms with Crippen molar-refractivity contribution >= 4 is 86.6 Å². The van der Waals surface area contributed by atoms with E-state index in [-0.39, 0.29) is 70.5 Å². The van der Waals surface area contributed by atoms with Crippen molar-refractivity contribution < 1.29 is 9.90 Å². The number of carbonyl (C=O) groups is 1. The van der Waals surface area contributed by atoms with Crippen LogP contribution in [0.25, 0.3) is 10.2 Å². The van der Waals surface area contributed by atoms with Gasteiger partial charge in [0.15, 0.2) is 0 Å². The van der Waals surface area contributed by atoms with Gasteiger partial charge in [-0.25, -0.2) is 9.78 Å². The van der Waals surface area contributed by atoms with Crippen LogP contribution >= 0.6 is 11.3 Å². The summed E-state index contributed by atoms with van der Waals surface area (Å²) in [7, 11) is 0. The number of carboxylic acid groups (broad SMARTS) is 1. The third kappa shape index (κ3) is 5.16. The molecule has 2 aromatic rings. The second-order valence-electron chi connectivity index (χ2n) is 4.86. The van der Waals surface area contributed by atoms with Gasteiger partial charge in [-0.2, -0.15) is 0 Å². The number of carboxylic acids is 1. The van der Waals surface area contributed by atoms with Crippen LogP contribution in [0.15, 0.2) is 4.79 Å². The fourth-order valence-electron chi connectivity index (χ4n) is 2.24. The molecular formula is C14H20N2Na2O3S. The maximum atomic E-state index is 12.0. The van der Waals surface area contributed by atoms with Gasteiger partial charge >= 0.3 is 65.1 Å². The van der Waals surface area contributed by atoms with Gasteiger partial charge in [-0.3, -0.25) is 4.79 Å². The Morgan fingerprint density at radius 1 is 1.27 bits per heavy atom. The quantitative estimate of drug-likeness (QED) is 0.620. The molecule has 22 heavy (non-hydrogen) atoms. The van der Waals surface area contributed by atoms with Gasteiger partial charge in [0.1, 0.15) is 4.83 Å². The molecule has 0 saturated heterocycles. The summed E-state index contributed by atoms with van der Waals surface area (Å²) in [6.45, 7) is 4.08. The molecule has 0 radical (unpaired) electrons. The van der Waals surface area contributed by atoms with Crippen molar-refractivity contribution in [1.29, 1.82) is 0 Å². The van der Waals surface area contributed by atoms with E-state index in [1.54, 1.807) is 0 Å². The van der Waals surface area contributed by atoms with Crippen molar-refractivity contribution in [3.8, 4) is 0 Å². The molecule has 112 valence electrons. The Balaban J connectivity index is 0.00000220. The van der Waals surface area contributed by atoms with Crippen molar-refractivity contribution in [1.82, 2.24) is 9.97 Å². The molecule has 0 saturated carbocycles. The third-order valence-corrected chi connectivity index (χ3v) is 4.60. The van der Waals surface area contributed by atoms with E-state index in [1.807, 2.05) is 6.92 Å². The third-order valence-electron chi connectivity index (χ3n) is 3.36. The summed E-state index contributed by atoms with van der Waals surface area (Å²) >= 11 is 1.43. The number of thiophene rings is 1. The van der Waals surface area contributed by atoms with Crippen LogP contribution in [-0.2, 0) is 6.42 Å². The van der Waals surface area contributed by atoms with Gasteiger partial charge in [0.2, 0.25) is 5.82 Å². The molecular weight excluding hydrogens is 322 g/mol. The van der Waals surface area contributed by atoms with E-state index >= 15 is 0 Å². The van der Waals surface area contributed by atoms with Crippen molar-refractivity contribution in [2.45, 2.75) is 46.0 Å². The average molecular weight is 342 g/mol. The number of nitrogens with zero attached hydrogens (tertiary/aromatic N) is 1. The number of nitrogens with one attached hydrogen (secondary N) is 1. The van der Waals surface area contributed by atoms with Crippen LogP contribution in [-0.4, -0.2) is 80.2 Å². The Morgan fingerprint density at radius 3 is 2.55 bits per heavy atom. The molecule has 2 N–H and O–H groups in total. The Bertz CT molecular complexity index is 697. The van der Waals surface area contributed by atoms with Crippen LogP contribution in [0.2, 0.25) is 0 Å². The van der Waals surface area contributed by atoms with Crippen molar-refractivity contribution in [3.05, 3.63) is 26.6 Å².